The largest absolute Gasteiger partial charge is 0.457 e. The quantitative estimate of drug-likeness (QED) is 0.302. The Hall–Kier alpha value is -3.99. The minimum Gasteiger partial charge on any atom is -0.457 e. The number of likely N-dealkylation sites (tertiary alicyclic amines) is 1. The molecule has 212 valence electrons. The van der Waals surface area contributed by atoms with Gasteiger partial charge in [-0.3, -0.25) is 14.7 Å². The normalized spacial score (nSPS) is 18.7. The smallest absolute Gasteiger partial charge is 0.410 e. The van der Waals surface area contributed by atoms with Crippen LogP contribution >= 0.6 is 11.3 Å². The van der Waals surface area contributed by atoms with E-state index < -0.39 is 47.8 Å². The van der Waals surface area contributed by atoms with Gasteiger partial charge in [0.2, 0.25) is 0 Å². The van der Waals surface area contributed by atoms with Crippen molar-refractivity contribution in [2.75, 3.05) is 6.54 Å². The number of amides is 2. The van der Waals surface area contributed by atoms with E-state index in [1.807, 2.05) is 24.3 Å². The second kappa shape index (κ2) is 12.5. The third-order valence-corrected chi connectivity index (χ3v) is 6.97. The average Bonchev–Trinajstić information content (AvgIpc) is 3.52. The molecule has 4 rings (SSSR count). The van der Waals surface area contributed by atoms with Crippen LogP contribution in [-0.4, -0.2) is 58.4 Å². The predicted molar refractivity (Wildman–Crippen MR) is 147 cm³/mol. The van der Waals surface area contributed by atoms with E-state index in [0.29, 0.717) is 12.0 Å². The number of thiazole rings is 1. The molecule has 0 aliphatic carbocycles. The molecule has 2 amide bonds. The summed E-state index contributed by atoms with van der Waals surface area (Å²) < 4.78 is 30.5. The molecule has 0 unspecified atom stereocenters. The number of carbonyl (C=O) groups excluding carboxylic acids is 3. The molecule has 1 saturated heterocycles. The number of benzene rings is 2. The lowest BCUT2D eigenvalue weighted by molar-refractivity contribution is -0.150. The first-order valence-corrected chi connectivity index (χ1v) is 13.7. The Morgan fingerprint density at radius 3 is 2.48 bits per heavy atom. The highest BCUT2D eigenvalue weighted by molar-refractivity contribution is 7.13. The fourth-order valence-electron chi connectivity index (χ4n) is 4.48. The van der Waals surface area contributed by atoms with Gasteiger partial charge in [0.15, 0.2) is 12.2 Å². The average molecular weight is 570 g/mol. The molecule has 9 nitrogen and oxygen atoms in total. The molecule has 0 bridgehead atoms. The summed E-state index contributed by atoms with van der Waals surface area (Å²) in [4.78, 5) is 44.6. The van der Waals surface area contributed by atoms with Gasteiger partial charge in [-0.15, -0.1) is 11.3 Å². The van der Waals surface area contributed by atoms with E-state index >= 15 is 0 Å². The monoisotopic (exact) mass is 569 g/mol. The summed E-state index contributed by atoms with van der Waals surface area (Å²) in [5.41, 5.74) is 3.42. The molecule has 1 aromatic heterocycles. The third-order valence-electron chi connectivity index (χ3n) is 6.15. The zero-order valence-corrected chi connectivity index (χ0v) is 23.6. The molecule has 3 aromatic rings. The summed E-state index contributed by atoms with van der Waals surface area (Å²) in [5, 5.41) is 2.61. The topological polar surface area (TPSA) is 107 Å². The molecule has 11 heteroatoms. The van der Waals surface area contributed by atoms with Gasteiger partial charge >= 0.3 is 18.2 Å². The van der Waals surface area contributed by atoms with Crippen molar-refractivity contribution in [3.63, 3.8) is 0 Å². The third kappa shape index (κ3) is 7.78. The van der Waals surface area contributed by atoms with Gasteiger partial charge in [0.05, 0.1) is 23.0 Å². The molecule has 0 spiro atoms. The number of rotatable bonds is 7. The maximum absolute atomic E-state index is 13.5. The van der Waals surface area contributed by atoms with E-state index in [-0.39, 0.29) is 13.1 Å². The highest BCUT2D eigenvalue weighted by Crippen LogP contribution is 2.30. The minimum atomic E-state index is -0.981. The highest BCUT2D eigenvalue weighted by Gasteiger charge is 2.49. The molecule has 40 heavy (non-hydrogen) atoms. The lowest BCUT2D eigenvalue weighted by atomic mass is 9.99. The van der Waals surface area contributed by atoms with E-state index in [4.69, 9.17) is 14.2 Å². The Morgan fingerprint density at radius 1 is 1.10 bits per heavy atom. The van der Waals surface area contributed by atoms with Crippen molar-refractivity contribution in [2.45, 2.75) is 64.5 Å². The molecule has 0 saturated carbocycles. The van der Waals surface area contributed by atoms with Crippen molar-refractivity contribution in [3.8, 4) is 10.4 Å². The Labute approximate surface area is 236 Å². The van der Waals surface area contributed by atoms with Gasteiger partial charge in [0.1, 0.15) is 11.4 Å². The summed E-state index contributed by atoms with van der Waals surface area (Å²) in [6.45, 7) is 6.54. The standard InChI is InChI=1S/C29H32FN3O6S/c1-18(34)37-24-16-33(28(36)39-29(2,3)4)23(13-19-8-10-21(11-9-19)25-15-31-17-40-25)26(24)38-27(35)32-14-20-6-5-7-22(30)12-20/h5-12,15,17,23-24,26H,13-14,16H2,1-4H3,(H,32,35)/t23-,24+,26+/m1/s1. The van der Waals surface area contributed by atoms with Crippen LogP contribution in [0.1, 0.15) is 38.8 Å². The van der Waals surface area contributed by atoms with Crippen LogP contribution in [0.2, 0.25) is 0 Å². The Kier molecular flexibility index (Phi) is 9.03. The highest BCUT2D eigenvalue weighted by atomic mass is 32.1. The van der Waals surface area contributed by atoms with E-state index in [1.54, 1.807) is 44.6 Å². The Bertz CT molecular complexity index is 1330. The zero-order valence-electron chi connectivity index (χ0n) is 22.8. The van der Waals surface area contributed by atoms with E-state index in [9.17, 15) is 18.8 Å². The lowest BCUT2D eigenvalue weighted by Gasteiger charge is -2.30. The summed E-state index contributed by atoms with van der Waals surface area (Å²) >= 11 is 1.53. The first kappa shape index (κ1) is 29.0. The van der Waals surface area contributed by atoms with Crippen molar-refractivity contribution in [2.24, 2.45) is 0 Å². The second-order valence-corrected chi connectivity index (χ2v) is 11.4. The summed E-state index contributed by atoms with van der Waals surface area (Å²) in [5.74, 6) is -0.995. The Balaban J connectivity index is 1.57. The molecule has 0 radical (unpaired) electrons. The van der Waals surface area contributed by atoms with E-state index in [1.165, 1.54) is 35.3 Å². The number of aromatic nitrogens is 1. The van der Waals surface area contributed by atoms with Crippen LogP contribution in [0.25, 0.3) is 10.4 Å². The van der Waals surface area contributed by atoms with Crippen LogP contribution in [0.5, 0.6) is 0 Å². The number of ether oxygens (including phenoxy) is 3. The number of hydrogen-bond donors (Lipinski definition) is 1. The first-order valence-electron chi connectivity index (χ1n) is 12.8. The summed E-state index contributed by atoms with van der Waals surface area (Å²) in [6.07, 6.45) is -1.19. The molecule has 1 aliphatic heterocycles. The van der Waals surface area contributed by atoms with Crippen LogP contribution in [0.3, 0.4) is 0 Å². The first-order chi connectivity index (χ1) is 19.0. The van der Waals surface area contributed by atoms with Crippen LogP contribution in [0.4, 0.5) is 14.0 Å². The molecule has 1 aliphatic rings. The van der Waals surface area contributed by atoms with Crippen LogP contribution in [-0.2, 0) is 32.0 Å². The zero-order chi connectivity index (χ0) is 28.9. The van der Waals surface area contributed by atoms with E-state index in [0.717, 1.165) is 16.0 Å². The predicted octanol–water partition coefficient (Wildman–Crippen LogP) is 5.34. The molecular formula is C29H32FN3O6S. The van der Waals surface area contributed by atoms with Crippen molar-refractivity contribution >= 4 is 29.5 Å². The molecule has 3 atom stereocenters. The van der Waals surface area contributed by atoms with Gasteiger partial charge in [-0.05, 0) is 56.0 Å². The number of carbonyl (C=O) groups is 3. The van der Waals surface area contributed by atoms with Gasteiger partial charge in [-0.25, -0.2) is 14.0 Å². The fraction of sp³-hybridized carbons (Fsp3) is 0.379. The molecule has 2 heterocycles. The van der Waals surface area contributed by atoms with Gasteiger partial charge in [0.25, 0.3) is 0 Å². The fourth-order valence-corrected chi connectivity index (χ4v) is 5.11. The molecular weight excluding hydrogens is 537 g/mol. The minimum absolute atomic E-state index is 0.0139. The number of hydrogen-bond acceptors (Lipinski definition) is 8. The SMILES string of the molecule is CC(=O)O[C@H]1CN(C(=O)OC(C)(C)C)[C@H](Cc2ccc(-c3cncs3)cc2)[C@@H]1OC(=O)NCc1cccc(F)c1. The van der Waals surface area contributed by atoms with Crippen LogP contribution in [0, 0.1) is 5.82 Å². The molecule has 2 aromatic carbocycles. The van der Waals surface area contributed by atoms with Gasteiger partial charge in [-0.2, -0.15) is 0 Å². The number of nitrogens with one attached hydrogen (secondary N) is 1. The lowest BCUT2D eigenvalue weighted by Crippen LogP contribution is -2.46. The maximum Gasteiger partial charge on any atom is 0.410 e. The molecule has 1 fully saturated rings. The summed E-state index contributed by atoms with van der Waals surface area (Å²) in [6, 6.07) is 12.9. The summed E-state index contributed by atoms with van der Waals surface area (Å²) in [7, 11) is 0. The van der Waals surface area contributed by atoms with Crippen molar-refractivity contribution in [1.29, 1.82) is 0 Å². The van der Waals surface area contributed by atoms with Gasteiger partial charge in [-0.1, -0.05) is 36.4 Å². The number of halogens is 1. The second-order valence-electron chi connectivity index (χ2n) is 10.5. The number of esters is 1. The number of nitrogens with zero attached hydrogens (tertiary/aromatic N) is 2. The van der Waals surface area contributed by atoms with Crippen molar-refractivity contribution < 1.29 is 33.0 Å². The van der Waals surface area contributed by atoms with Crippen molar-refractivity contribution in [1.82, 2.24) is 15.2 Å². The van der Waals surface area contributed by atoms with E-state index in [2.05, 4.69) is 10.3 Å². The maximum atomic E-state index is 13.5. The number of alkyl carbamates (subject to hydrolysis) is 1. The van der Waals surface area contributed by atoms with Crippen molar-refractivity contribution in [3.05, 3.63) is 77.2 Å². The van der Waals surface area contributed by atoms with Crippen LogP contribution in [0.15, 0.2) is 60.2 Å². The van der Waals surface area contributed by atoms with Gasteiger partial charge < -0.3 is 19.5 Å². The molecule has 1 N–H and O–H groups in total. The van der Waals surface area contributed by atoms with Crippen LogP contribution < -0.4 is 5.32 Å². The Morgan fingerprint density at radius 2 is 1.85 bits per heavy atom. The van der Waals surface area contributed by atoms with Gasteiger partial charge in [0, 0.05) is 19.7 Å².